The van der Waals surface area contributed by atoms with Crippen molar-refractivity contribution in [3.63, 3.8) is 0 Å². The molecule has 0 spiro atoms. The van der Waals surface area contributed by atoms with Crippen molar-refractivity contribution in [3.05, 3.63) is 11.0 Å². The number of hydrogen-bond acceptors (Lipinski definition) is 6. The molecule has 1 atom stereocenters. The highest BCUT2D eigenvalue weighted by Crippen LogP contribution is 2.28. The molecule has 1 aromatic rings. The van der Waals surface area contributed by atoms with Gasteiger partial charge in [-0.1, -0.05) is 0 Å². The Bertz CT molecular complexity index is 520. The summed E-state index contributed by atoms with van der Waals surface area (Å²) in [5, 5.41) is 5.56. The zero-order chi connectivity index (χ0) is 13.3. The molecule has 0 saturated heterocycles. The van der Waals surface area contributed by atoms with Gasteiger partial charge in [0.1, 0.15) is 11.7 Å². The molecular weight excluding hydrogens is 260 g/mol. The van der Waals surface area contributed by atoms with Crippen LogP contribution in [0.2, 0.25) is 5.28 Å². The first kappa shape index (κ1) is 12.6. The number of amides is 1. The molecular formula is C10H11ClN4O3. The zero-order valence-corrected chi connectivity index (χ0v) is 10.5. The van der Waals surface area contributed by atoms with Gasteiger partial charge in [0.25, 0.3) is 0 Å². The number of nitrogens with zero attached hydrogens (tertiary/aromatic N) is 2. The molecule has 0 radical (unpaired) electrons. The molecule has 2 heterocycles. The second-order valence-corrected chi connectivity index (χ2v) is 4.11. The quantitative estimate of drug-likeness (QED) is 0.608. The van der Waals surface area contributed by atoms with Gasteiger partial charge >= 0.3 is 5.97 Å². The van der Waals surface area contributed by atoms with Crippen molar-refractivity contribution < 1.29 is 14.3 Å². The van der Waals surface area contributed by atoms with E-state index in [1.54, 1.807) is 6.92 Å². The number of nitrogens with one attached hydrogen (secondary N) is 2. The molecule has 0 unspecified atom stereocenters. The minimum atomic E-state index is -0.727. The summed E-state index contributed by atoms with van der Waals surface area (Å²) in [4.78, 5) is 30.8. The molecule has 0 saturated carbocycles. The maximum Gasteiger partial charge on any atom is 0.308 e. The number of halogens is 1. The first-order valence-corrected chi connectivity index (χ1v) is 5.57. The number of carbonyl (C=O) groups is 2. The van der Waals surface area contributed by atoms with Crippen LogP contribution in [0, 0.1) is 6.92 Å². The molecule has 0 aromatic carbocycles. The number of fused-ring (bicyclic) bond motifs is 1. The normalized spacial score (nSPS) is 17.5. The van der Waals surface area contributed by atoms with E-state index in [2.05, 4.69) is 25.3 Å². The molecule has 1 aromatic heterocycles. The highest BCUT2D eigenvalue weighted by atomic mass is 35.5. The Labute approximate surface area is 108 Å². The number of carbonyl (C=O) groups excluding carboxylic acids is 2. The zero-order valence-electron chi connectivity index (χ0n) is 9.78. The fourth-order valence-corrected chi connectivity index (χ4v) is 1.84. The van der Waals surface area contributed by atoms with E-state index in [4.69, 9.17) is 11.6 Å². The van der Waals surface area contributed by atoms with Gasteiger partial charge in [0.05, 0.1) is 19.2 Å². The van der Waals surface area contributed by atoms with Gasteiger partial charge in [-0.3, -0.25) is 9.59 Å². The summed E-state index contributed by atoms with van der Waals surface area (Å²) in [7, 11) is 1.26. The molecule has 2 rings (SSSR count). The van der Waals surface area contributed by atoms with Gasteiger partial charge in [0.2, 0.25) is 11.2 Å². The van der Waals surface area contributed by atoms with E-state index in [1.807, 2.05) is 0 Å². The van der Waals surface area contributed by atoms with Crippen molar-refractivity contribution in [2.45, 2.75) is 19.4 Å². The summed E-state index contributed by atoms with van der Waals surface area (Å²) in [6.07, 6.45) is -0.0809. The molecule has 96 valence electrons. The predicted octanol–water partition coefficient (Wildman–Crippen LogP) is 0.734. The molecule has 0 fully saturated rings. The molecule has 1 aliphatic heterocycles. The number of hydrogen-bond donors (Lipinski definition) is 2. The van der Waals surface area contributed by atoms with E-state index in [9.17, 15) is 9.59 Å². The van der Waals surface area contributed by atoms with Crippen molar-refractivity contribution in [2.75, 3.05) is 17.7 Å². The average molecular weight is 271 g/mol. The minimum Gasteiger partial charge on any atom is -0.469 e. The van der Waals surface area contributed by atoms with Crippen molar-refractivity contribution in [2.24, 2.45) is 0 Å². The third-order valence-corrected chi connectivity index (χ3v) is 2.71. The largest absolute Gasteiger partial charge is 0.469 e. The number of methoxy groups -OCH3 is 1. The Kier molecular flexibility index (Phi) is 3.33. The van der Waals surface area contributed by atoms with Crippen LogP contribution >= 0.6 is 11.6 Å². The second kappa shape index (κ2) is 4.77. The van der Waals surface area contributed by atoms with Gasteiger partial charge in [-0.05, 0) is 18.5 Å². The van der Waals surface area contributed by atoms with Crippen LogP contribution in [0.3, 0.4) is 0 Å². The number of anilines is 2. The summed E-state index contributed by atoms with van der Waals surface area (Å²) in [6.45, 7) is 1.70. The number of esters is 1. The molecule has 0 aliphatic carbocycles. The Hall–Kier alpha value is -1.89. The van der Waals surface area contributed by atoms with E-state index >= 15 is 0 Å². The van der Waals surface area contributed by atoms with E-state index in [-0.39, 0.29) is 17.6 Å². The standard InChI is InChI=1S/C10H11ClN4O3/c1-4-7-8(15-10(11)12-4)13-5(9(17)14-7)3-6(16)18-2/h5H,3H2,1-2H3,(H,14,17)(H,12,13,15)/t5-/m0/s1. The van der Waals surface area contributed by atoms with E-state index in [0.717, 1.165) is 0 Å². The first-order valence-electron chi connectivity index (χ1n) is 5.19. The van der Waals surface area contributed by atoms with Gasteiger partial charge < -0.3 is 15.4 Å². The van der Waals surface area contributed by atoms with Crippen LogP contribution in [0.5, 0.6) is 0 Å². The van der Waals surface area contributed by atoms with Crippen molar-refractivity contribution >= 4 is 35.0 Å². The third kappa shape index (κ3) is 2.35. The maximum absolute atomic E-state index is 11.8. The molecule has 8 heteroatoms. The monoisotopic (exact) mass is 270 g/mol. The highest BCUT2D eigenvalue weighted by molar-refractivity contribution is 6.28. The number of aromatic nitrogens is 2. The Balaban J connectivity index is 2.27. The Morgan fingerprint density at radius 2 is 2.22 bits per heavy atom. The molecule has 7 nitrogen and oxygen atoms in total. The van der Waals surface area contributed by atoms with E-state index in [0.29, 0.717) is 17.2 Å². The predicted molar refractivity (Wildman–Crippen MR) is 64.5 cm³/mol. The van der Waals surface area contributed by atoms with Crippen LogP contribution in [0.1, 0.15) is 12.1 Å². The Morgan fingerprint density at radius 3 is 2.89 bits per heavy atom. The molecule has 2 N–H and O–H groups in total. The van der Waals surface area contributed by atoms with Gasteiger partial charge in [0, 0.05) is 0 Å². The molecule has 1 aliphatic rings. The minimum absolute atomic E-state index is 0.0757. The first-order chi connectivity index (χ1) is 8.51. The lowest BCUT2D eigenvalue weighted by molar-refractivity contribution is -0.142. The van der Waals surface area contributed by atoms with Crippen LogP contribution < -0.4 is 10.6 Å². The summed E-state index contributed by atoms with van der Waals surface area (Å²) < 4.78 is 4.52. The highest BCUT2D eigenvalue weighted by Gasteiger charge is 2.30. The van der Waals surface area contributed by atoms with E-state index in [1.165, 1.54) is 7.11 Å². The van der Waals surface area contributed by atoms with Gasteiger partial charge in [-0.25, -0.2) is 4.98 Å². The van der Waals surface area contributed by atoms with Crippen molar-refractivity contribution in [1.29, 1.82) is 0 Å². The maximum atomic E-state index is 11.8. The van der Waals surface area contributed by atoms with Gasteiger partial charge in [-0.15, -0.1) is 0 Å². The lowest BCUT2D eigenvalue weighted by Crippen LogP contribution is -2.41. The van der Waals surface area contributed by atoms with E-state index < -0.39 is 12.0 Å². The summed E-state index contributed by atoms with van der Waals surface area (Å²) in [6, 6.07) is -0.727. The second-order valence-electron chi connectivity index (χ2n) is 3.77. The Morgan fingerprint density at radius 1 is 1.50 bits per heavy atom. The van der Waals surface area contributed by atoms with Crippen molar-refractivity contribution in [3.8, 4) is 0 Å². The SMILES string of the molecule is COC(=O)C[C@@H]1Nc2nc(Cl)nc(C)c2NC1=O. The van der Waals surface area contributed by atoms with Crippen LogP contribution in [-0.4, -0.2) is 35.0 Å². The van der Waals surface area contributed by atoms with Gasteiger partial charge in [0.15, 0.2) is 5.82 Å². The topological polar surface area (TPSA) is 93.2 Å². The number of aryl methyl sites for hydroxylation is 1. The van der Waals surface area contributed by atoms with Crippen LogP contribution in [0.25, 0.3) is 0 Å². The lowest BCUT2D eigenvalue weighted by atomic mass is 10.1. The summed E-state index contributed by atoms with van der Waals surface area (Å²) >= 11 is 5.73. The van der Waals surface area contributed by atoms with Crippen LogP contribution in [0.4, 0.5) is 11.5 Å². The van der Waals surface area contributed by atoms with Crippen LogP contribution in [0.15, 0.2) is 0 Å². The summed E-state index contributed by atoms with van der Waals surface area (Å²) in [5.74, 6) is -0.411. The van der Waals surface area contributed by atoms with Crippen LogP contribution in [-0.2, 0) is 14.3 Å². The smallest absolute Gasteiger partial charge is 0.308 e. The lowest BCUT2D eigenvalue weighted by Gasteiger charge is -2.25. The average Bonchev–Trinajstić information content (AvgIpc) is 2.31. The summed E-state index contributed by atoms with van der Waals surface area (Å²) in [5.41, 5.74) is 1.04. The number of ether oxygens (including phenoxy) is 1. The third-order valence-electron chi connectivity index (χ3n) is 2.54. The molecule has 1 amide bonds. The fourth-order valence-electron chi connectivity index (χ4n) is 1.63. The number of rotatable bonds is 2. The fraction of sp³-hybridized carbons (Fsp3) is 0.400. The van der Waals surface area contributed by atoms with Gasteiger partial charge in [-0.2, -0.15) is 4.98 Å². The van der Waals surface area contributed by atoms with Crippen molar-refractivity contribution in [1.82, 2.24) is 9.97 Å². The molecule has 0 bridgehead atoms. The molecule has 18 heavy (non-hydrogen) atoms.